The van der Waals surface area contributed by atoms with Crippen molar-refractivity contribution >= 4 is 28.3 Å². The minimum Gasteiger partial charge on any atom is -0.264 e. The summed E-state index contributed by atoms with van der Waals surface area (Å²) >= 11 is 3.41. The van der Waals surface area contributed by atoms with Crippen LogP contribution in [0.25, 0.3) is 0 Å². The fourth-order valence-corrected chi connectivity index (χ4v) is 1.10. The van der Waals surface area contributed by atoms with Gasteiger partial charge in [0.1, 0.15) is 0 Å². The first kappa shape index (κ1) is 10.7. The molecule has 3 heteroatoms. The van der Waals surface area contributed by atoms with Crippen molar-refractivity contribution in [1.82, 2.24) is 4.98 Å². The van der Waals surface area contributed by atoms with Crippen LogP contribution in [0.5, 0.6) is 0 Å². The van der Waals surface area contributed by atoms with Crippen molar-refractivity contribution in [3.05, 3.63) is 41.2 Å². The Morgan fingerprint density at radius 1 is 1.64 bits per heavy atom. The molecule has 0 saturated carbocycles. The van der Waals surface area contributed by atoms with Gasteiger partial charge in [-0.1, -0.05) is 22.0 Å². The molecule has 0 spiro atoms. The number of nitrogens with zero attached hydrogens (tertiary/aromatic N) is 1. The van der Waals surface area contributed by atoms with Crippen LogP contribution in [0.15, 0.2) is 35.6 Å². The van der Waals surface area contributed by atoms with E-state index in [1.54, 1.807) is 6.20 Å². The maximum Gasteiger partial charge on any atom is 0.0314 e. The third-order valence-corrected chi connectivity index (χ3v) is 1.98. The highest BCUT2D eigenvalue weighted by Crippen LogP contribution is 2.14. The third-order valence-electron chi connectivity index (χ3n) is 1.21. The zero-order chi connectivity index (χ0) is 7.40. The van der Waals surface area contributed by atoms with E-state index in [1.807, 2.05) is 18.3 Å². The van der Waals surface area contributed by atoms with Gasteiger partial charge in [0.2, 0.25) is 0 Å². The van der Waals surface area contributed by atoms with Crippen LogP contribution in [0.1, 0.15) is 5.56 Å². The van der Waals surface area contributed by atoms with Gasteiger partial charge in [-0.15, -0.1) is 19.0 Å². The number of pyridine rings is 1. The van der Waals surface area contributed by atoms with Crippen LogP contribution in [-0.2, 0) is 6.42 Å². The molecule has 0 aromatic carbocycles. The molecular weight excluding hydrogens is 225 g/mol. The van der Waals surface area contributed by atoms with Crippen LogP contribution in [0.4, 0.5) is 0 Å². The molecular formula is C8H9BrClN. The molecule has 11 heavy (non-hydrogen) atoms. The van der Waals surface area contributed by atoms with Crippen LogP contribution in [0.3, 0.4) is 0 Å². The van der Waals surface area contributed by atoms with Crippen molar-refractivity contribution in [2.75, 3.05) is 0 Å². The van der Waals surface area contributed by atoms with E-state index in [1.165, 1.54) is 5.56 Å². The van der Waals surface area contributed by atoms with E-state index >= 15 is 0 Å². The minimum absolute atomic E-state index is 0. The molecule has 0 radical (unpaired) electrons. The SMILES string of the molecule is C=CCc1cnccc1Br.Cl. The number of aromatic nitrogens is 1. The molecule has 0 atom stereocenters. The maximum atomic E-state index is 3.99. The lowest BCUT2D eigenvalue weighted by Crippen LogP contribution is -1.83. The second-order valence-electron chi connectivity index (χ2n) is 1.96. The van der Waals surface area contributed by atoms with Gasteiger partial charge in [0.05, 0.1) is 0 Å². The topological polar surface area (TPSA) is 12.9 Å². The van der Waals surface area contributed by atoms with Crippen molar-refractivity contribution in [1.29, 1.82) is 0 Å². The molecule has 0 saturated heterocycles. The summed E-state index contributed by atoms with van der Waals surface area (Å²) in [5.74, 6) is 0. The van der Waals surface area contributed by atoms with E-state index in [4.69, 9.17) is 0 Å². The summed E-state index contributed by atoms with van der Waals surface area (Å²) in [6.45, 7) is 3.65. The number of hydrogen-bond donors (Lipinski definition) is 0. The van der Waals surface area contributed by atoms with Gasteiger partial charge in [0, 0.05) is 16.9 Å². The van der Waals surface area contributed by atoms with E-state index in [9.17, 15) is 0 Å². The largest absolute Gasteiger partial charge is 0.264 e. The van der Waals surface area contributed by atoms with Crippen LogP contribution in [0.2, 0.25) is 0 Å². The molecule has 1 nitrogen and oxygen atoms in total. The molecule has 1 heterocycles. The minimum atomic E-state index is 0. The molecule has 0 aliphatic rings. The van der Waals surface area contributed by atoms with E-state index in [0.29, 0.717) is 0 Å². The summed E-state index contributed by atoms with van der Waals surface area (Å²) in [5, 5.41) is 0. The zero-order valence-electron chi connectivity index (χ0n) is 5.96. The lowest BCUT2D eigenvalue weighted by molar-refractivity contribution is 1.17. The summed E-state index contributed by atoms with van der Waals surface area (Å²) in [6, 6.07) is 1.93. The second-order valence-corrected chi connectivity index (χ2v) is 2.81. The first-order valence-corrected chi connectivity index (χ1v) is 3.83. The third kappa shape index (κ3) is 3.04. The van der Waals surface area contributed by atoms with Gasteiger partial charge in [0.25, 0.3) is 0 Å². The molecule has 0 fully saturated rings. The van der Waals surface area contributed by atoms with Gasteiger partial charge in [-0.2, -0.15) is 0 Å². The number of rotatable bonds is 2. The quantitative estimate of drug-likeness (QED) is 0.717. The molecule has 1 aromatic rings. The monoisotopic (exact) mass is 233 g/mol. The average molecular weight is 235 g/mol. The predicted molar refractivity (Wildman–Crippen MR) is 53.1 cm³/mol. The summed E-state index contributed by atoms with van der Waals surface area (Å²) in [4.78, 5) is 3.99. The molecule has 0 aliphatic carbocycles. The van der Waals surface area contributed by atoms with Crippen LogP contribution >= 0.6 is 28.3 Å². The van der Waals surface area contributed by atoms with Gasteiger partial charge in [-0.25, -0.2) is 0 Å². The van der Waals surface area contributed by atoms with Crippen molar-refractivity contribution < 1.29 is 0 Å². The Hall–Kier alpha value is -0.340. The molecule has 1 rings (SSSR count). The first-order chi connectivity index (χ1) is 4.84. The molecule has 1 aromatic heterocycles. The number of allylic oxidation sites excluding steroid dienone is 1. The highest BCUT2D eigenvalue weighted by atomic mass is 79.9. The Bertz CT molecular complexity index is 237. The van der Waals surface area contributed by atoms with Crippen LogP contribution < -0.4 is 0 Å². The molecule has 0 unspecified atom stereocenters. The summed E-state index contributed by atoms with van der Waals surface area (Å²) in [5.41, 5.74) is 1.18. The van der Waals surface area contributed by atoms with E-state index in [2.05, 4.69) is 27.5 Å². The zero-order valence-corrected chi connectivity index (χ0v) is 8.36. The van der Waals surface area contributed by atoms with E-state index < -0.39 is 0 Å². The van der Waals surface area contributed by atoms with Gasteiger partial charge in [-0.3, -0.25) is 4.98 Å². The van der Waals surface area contributed by atoms with Gasteiger partial charge < -0.3 is 0 Å². The van der Waals surface area contributed by atoms with Crippen LogP contribution in [-0.4, -0.2) is 4.98 Å². The Balaban J connectivity index is 0.000001000. The van der Waals surface area contributed by atoms with E-state index in [0.717, 1.165) is 10.9 Å². The Morgan fingerprint density at radius 2 is 2.36 bits per heavy atom. The standard InChI is InChI=1S/C8H8BrN.ClH/c1-2-3-7-6-10-5-4-8(7)9;/h2,4-6H,1,3H2;1H. The number of hydrogen-bond acceptors (Lipinski definition) is 1. The fourth-order valence-electron chi connectivity index (χ4n) is 0.716. The van der Waals surface area contributed by atoms with Crippen molar-refractivity contribution in [3.8, 4) is 0 Å². The van der Waals surface area contributed by atoms with Crippen molar-refractivity contribution in [3.63, 3.8) is 0 Å². The maximum absolute atomic E-state index is 3.99. The van der Waals surface area contributed by atoms with Gasteiger partial charge in [0.15, 0.2) is 0 Å². The average Bonchev–Trinajstić information content (AvgIpc) is 1.94. The summed E-state index contributed by atoms with van der Waals surface area (Å²) < 4.78 is 1.10. The highest BCUT2D eigenvalue weighted by Gasteiger charge is 1.93. The summed E-state index contributed by atoms with van der Waals surface area (Å²) in [6.07, 6.45) is 6.33. The Kier molecular flexibility index (Phi) is 5.16. The first-order valence-electron chi connectivity index (χ1n) is 3.04. The smallest absolute Gasteiger partial charge is 0.0314 e. The Labute approximate surface area is 81.1 Å². The normalized spacial score (nSPS) is 8.45. The Morgan fingerprint density at radius 3 is 2.91 bits per heavy atom. The van der Waals surface area contributed by atoms with Crippen LogP contribution in [0, 0.1) is 0 Å². The van der Waals surface area contributed by atoms with Gasteiger partial charge in [-0.05, 0) is 18.1 Å². The molecule has 0 amide bonds. The van der Waals surface area contributed by atoms with Crippen molar-refractivity contribution in [2.45, 2.75) is 6.42 Å². The lowest BCUT2D eigenvalue weighted by Gasteiger charge is -1.96. The molecule has 60 valence electrons. The number of halogens is 2. The second kappa shape index (κ2) is 5.33. The van der Waals surface area contributed by atoms with Crippen molar-refractivity contribution in [2.24, 2.45) is 0 Å². The molecule has 0 N–H and O–H groups in total. The predicted octanol–water partition coefficient (Wildman–Crippen LogP) is 2.99. The van der Waals surface area contributed by atoms with E-state index in [-0.39, 0.29) is 12.4 Å². The summed E-state index contributed by atoms with van der Waals surface area (Å²) in [7, 11) is 0. The lowest BCUT2D eigenvalue weighted by atomic mass is 10.2. The molecule has 0 bridgehead atoms. The highest BCUT2D eigenvalue weighted by molar-refractivity contribution is 9.10. The van der Waals surface area contributed by atoms with Gasteiger partial charge >= 0.3 is 0 Å². The fraction of sp³-hybridized carbons (Fsp3) is 0.125. The molecule has 0 aliphatic heterocycles.